The average molecular weight is 856 g/mol. The molecule has 0 bridgehead atoms. The van der Waals surface area contributed by atoms with Gasteiger partial charge in [0, 0.05) is 18.5 Å². The number of aromatic nitrogens is 1. The first-order chi connectivity index (χ1) is 30.0. The van der Waals surface area contributed by atoms with Gasteiger partial charge in [-0.2, -0.15) is 5.10 Å². The minimum absolute atomic E-state index is 0.0348. The van der Waals surface area contributed by atoms with Crippen LogP contribution in [0.1, 0.15) is 45.2 Å². The summed E-state index contributed by atoms with van der Waals surface area (Å²) >= 11 is 1.54. The van der Waals surface area contributed by atoms with Crippen LogP contribution < -0.4 is 24.0 Å². The van der Waals surface area contributed by atoms with Gasteiger partial charge >= 0.3 is 11.9 Å². The number of fused-ring (bicyclic) bond motifs is 1. The number of rotatable bonds is 25. The molecule has 3 saturated heterocycles. The number of para-hydroxylation sites is 1. The third-order valence-corrected chi connectivity index (χ3v) is 10.3. The lowest BCUT2D eigenvalue weighted by Crippen LogP contribution is -2.17. The van der Waals surface area contributed by atoms with E-state index in [9.17, 15) is 9.59 Å². The number of esters is 2. The molecular formula is C44H45N3O13S. The van der Waals surface area contributed by atoms with E-state index in [0.717, 1.165) is 27.3 Å². The van der Waals surface area contributed by atoms with E-state index in [-0.39, 0.29) is 62.5 Å². The third-order valence-electron chi connectivity index (χ3n) is 9.24. The highest BCUT2D eigenvalue weighted by Crippen LogP contribution is 2.32. The smallest absolute Gasteiger partial charge is 0.343 e. The molecule has 1 aromatic heterocycles. The molecule has 3 unspecified atom stereocenters. The van der Waals surface area contributed by atoms with E-state index in [1.54, 1.807) is 48.7 Å². The Balaban J connectivity index is 0.964. The number of hydrogen-bond acceptors (Lipinski definition) is 17. The maximum Gasteiger partial charge on any atom is 0.343 e. The van der Waals surface area contributed by atoms with Crippen LogP contribution >= 0.6 is 11.3 Å². The minimum atomic E-state index is -0.639. The SMILES string of the molecule is CCCN(/N=C/c1cc(CCOC(=O)c2ccc(OCOC3CO3)cc2)ccc1OC(=O)c1ccc(OCOCC2CO2)c(OCOCC2CO2)c1)c1nc2ccccc2s1. The number of anilines is 1. The normalized spacial score (nSPS) is 17.6. The molecule has 61 heavy (non-hydrogen) atoms. The van der Waals surface area contributed by atoms with Gasteiger partial charge in [-0.15, -0.1) is 0 Å². The van der Waals surface area contributed by atoms with Crippen molar-refractivity contribution in [2.75, 3.05) is 71.6 Å². The summed E-state index contributed by atoms with van der Waals surface area (Å²) < 4.78 is 61.7. The van der Waals surface area contributed by atoms with Gasteiger partial charge in [0.1, 0.15) is 30.3 Å². The van der Waals surface area contributed by atoms with Crippen molar-refractivity contribution in [1.82, 2.24) is 4.98 Å². The lowest BCUT2D eigenvalue weighted by Gasteiger charge is -2.16. The fourth-order valence-electron chi connectivity index (χ4n) is 5.73. The van der Waals surface area contributed by atoms with Gasteiger partial charge in [0.25, 0.3) is 0 Å². The molecule has 4 aromatic carbocycles. The van der Waals surface area contributed by atoms with E-state index in [1.807, 2.05) is 41.4 Å². The van der Waals surface area contributed by atoms with Crippen LogP contribution in [-0.4, -0.2) is 108 Å². The van der Waals surface area contributed by atoms with Crippen molar-refractivity contribution >= 4 is 44.8 Å². The van der Waals surface area contributed by atoms with Crippen LogP contribution in [0, 0.1) is 0 Å². The molecule has 0 aliphatic carbocycles. The van der Waals surface area contributed by atoms with E-state index in [2.05, 4.69) is 6.92 Å². The zero-order valence-corrected chi connectivity index (χ0v) is 34.3. The second-order valence-corrected chi connectivity index (χ2v) is 15.0. The first kappa shape index (κ1) is 42.0. The quantitative estimate of drug-likeness (QED) is 0.0120. The summed E-state index contributed by atoms with van der Waals surface area (Å²) in [6.45, 7) is 5.38. The van der Waals surface area contributed by atoms with E-state index in [4.69, 9.17) is 62.2 Å². The van der Waals surface area contributed by atoms with Crippen molar-refractivity contribution in [3.8, 4) is 23.0 Å². The lowest BCUT2D eigenvalue weighted by atomic mass is 10.1. The van der Waals surface area contributed by atoms with Crippen LogP contribution in [0.25, 0.3) is 10.2 Å². The molecule has 320 valence electrons. The molecule has 3 aliphatic heterocycles. The maximum atomic E-state index is 13.8. The summed E-state index contributed by atoms with van der Waals surface area (Å²) in [4.78, 5) is 31.5. The van der Waals surface area contributed by atoms with Crippen molar-refractivity contribution in [3.05, 3.63) is 107 Å². The molecule has 17 heteroatoms. The average Bonchev–Trinajstić information content (AvgIpc) is 4.17. The highest BCUT2D eigenvalue weighted by Gasteiger charge is 2.25. The number of carbonyl (C=O) groups is 2. The number of ether oxygens (including phenoxy) is 11. The van der Waals surface area contributed by atoms with Crippen LogP contribution in [0.4, 0.5) is 5.13 Å². The molecule has 0 radical (unpaired) electrons. The largest absolute Gasteiger partial charge is 0.467 e. The van der Waals surface area contributed by atoms with Gasteiger partial charge in [0.05, 0.1) is 60.6 Å². The second-order valence-electron chi connectivity index (χ2n) is 14.0. The molecule has 0 spiro atoms. The Kier molecular flexibility index (Phi) is 14.3. The molecule has 3 aliphatic rings. The predicted molar refractivity (Wildman–Crippen MR) is 222 cm³/mol. The third kappa shape index (κ3) is 12.7. The second kappa shape index (κ2) is 20.7. The number of thiazole rings is 1. The van der Waals surface area contributed by atoms with Gasteiger partial charge in [0.15, 0.2) is 38.2 Å². The zero-order valence-electron chi connectivity index (χ0n) is 33.4. The Bertz CT molecular complexity index is 2240. The highest BCUT2D eigenvalue weighted by molar-refractivity contribution is 7.22. The molecule has 0 N–H and O–H groups in total. The monoisotopic (exact) mass is 855 g/mol. The predicted octanol–water partition coefficient (Wildman–Crippen LogP) is 6.38. The van der Waals surface area contributed by atoms with Gasteiger partial charge in [-0.1, -0.05) is 36.5 Å². The fraction of sp³-hybridized carbons (Fsp3) is 0.364. The van der Waals surface area contributed by atoms with Crippen LogP contribution in [0.2, 0.25) is 0 Å². The Hall–Kier alpha value is -5.66. The minimum Gasteiger partial charge on any atom is -0.467 e. The van der Waals surface area contributed by atoms with Crippen molar-refractivity contribution in [2.24, 2.45) is 5.10 Å². The van der Waals surface area contributed by atoms with Gasteiger partial charge in [-0.3, -0.25) is 0 Å². The van der Waals surface area contributed by atoms with Crippen LogP contribution in [0.3, 0.4) is 0 Å². The summed E-state index contributed by atoms with van der Waals surface area (Å²) in [5.74, 6) is 0.334. The number of hydrogen-bond donors (Lipinski definition) is 0. The van der Waals surface area contributed by atoms with Crippen LogP contribution in [-0.2, 0) is 39.6 Å². The van der Waals surface area contributed by atoms with E-state index in [0.29, 0.717) is 68.6 Å². The van der Waals surface area contributed by atoms with Crippen molar-refractivity contribution in [1.29, 1.82) is 0 Å². The molecule has 5 aromatic rings. The van der Waals surface area contributed by atoms with Crippen molar-refractivity contribution in [2.45, 2.75) is 38.3 Å². The molecule has 3 fully saturated rings. The molecular weight excluding hydrogens is 811 g/mol. The Morgan fingerprint density at radius 3 is 2.25 bits per heavy atom. The number of benzene rings is 4. The van der Waals surface area contributed by atoms with Crippen molar-refractivity contribution < 1.29 is 61.7 Å². The molecule has 3 atom stereocenters. The number of hydrazone groups is 1. The summed E-state index contributed by atoms with van der Waals surface area (Å²) in [7, 11) is 0. The summed E-state index contributed by atoms with van der Waals surface area (Å²) in [6.07, 6.45) is 2.78. The van der Waals surface area contributed by atoms with E-state index >= 15 is 0 Å². The van der Waals surface area contributed by atoms with Gasteiger partial charge in [0.2, 0.25) is 5.13 Å². The first-order valence-corrected chi connectivity index (χ1v) is 20.7. The molecule has 0 amide bonds. The van der Waals surface area contributed by atoms with Crippen LogP contribution in [0.15, 0.2) is 90.0 Å². The van der Waals surface area contributed by atoms with Crippen LogP contribution in [0.5, 0.6) is 23.0 Å². The van der Waals surface area contributed by atoms with E-state index < -0.39 is 11.9 Å². The van der Waals surface area contributed by atoms with Gasteiger partial charge in [-0.05, 0) is 78.7 Å². The summed E-state index contributed by atoms with van der Waals surface area (Å²) in [5.41, 5.74) is 2.82. The lowest BCUT2D eigenvalue weighted by molar-refractivity contribution is -0.0340. The Labute approximate surface area is 355 Å². The zero-order chi connectivity index (χ0) is 41.8. The van der Waals surface area contributed by atoms with E-state index in [1.165, 1.54) is 17.4 Å². The Morgan fingerprint density at radius 2 is 1.52 bits per heavy atom. The number of nitrogens with zero attached hydrogens (tertiary/aromatic N) is 3. The molecule has 8 rings (SSSR count). The fourth-order valence-corrected chi connectivity index (χ4v) is 6.68. The summed E-state index contributed by atoms with van der Waals surface area (Å²) in [5, 5.41) is 7.39. The standard InChI is InChI=1S/C44H45N3O13S/c1-2-16-47(44-46-36-5-3-4-6-40(36)61-44)45-20-32-18-29(15-17-52-42(48)30-8-11-33(12-9-30)56-28-59-41-25-55-41)7-13-37(32)60-43(49)31-10-14-38(57-26-50-21-34-23-53-34)39(19-31)58-27-51-22-35-24-54-35/h3-14,18-20,34-35,41H,2,15-17,21-28H2,1H3/b45-20+. The summed E-state index contributed by atoms with van der Waals surface area (Å²) in [6, 6.07) is 24.6. The maximum absolute atomic E-state index is 13.8. The molecule has 4 heterocycles. The molecule has 16 nitrogen and oxygen atoms in total. The van der Waals surface area contributed by atoms with Crippen molar-refractivity contribution in [3.63, 3.8) is 0 Å². The first-order valence-electron chi connectivity index (χ1n) is 19.9. The van der Waals surface area contributed by atoms with Gasteiger partial charge in [-0.25, -0.2) is 19.6 Å². The Morgan fingerprint density at radius 1 is 0.803 bits per heavy atom. The molecule has 0 saturated carbocycles. The topological polar surface area (TPSA) is 174 Å². The van der Waals surface area contributed by atoms with Gasteiger partial charge < -0.3 is 52.1 Å². The highest BCUT2D eigenvalue weighted by atomic mass is 32.1. The number of epoxide rings is 3. The number of carbonyl (C=O) groups excluding carboxylic acids is 2.